The van der Waals surface area contributed by atoms with Gasteiger partial charge in [-0.25, -0.2) is 0 Å². The van der Waals surface area contributed by atoms with E-state index in [0.717, 1.165) is 6.42 Å². The minimum absolute atomic E-state index is 0.0192. The van der Waals surface area contributed by atoms with Gasteiger partial charge in [0.15, 0.2) is 0 Å². The first-order chi connectivity index (χ1) is 5.18. The second kappa shape index (κ2) is 5.71. The predicted octanol–water partition coefficient (Wildman–Crippen LogP) is 1.60. The Labute approximate surface area is 68.2 Å². The maximum atomic E-state index is 10.9. The molecule has 0 aromatic carbocycles. The number of nitrogens with zero attached hydrogens (tertiary/aromatic N) is 1. The van der Waals surface area contributed by atoms with Crippen molar-refractivity contribution in [3.05, 3.63) is 24.3 Å². The first kappa shape index (κ1) is 9.95. The summed E-state index contributed by atoms with van der Waals surface area (Å²) in [6.45, 7) is 2.05. The molecule has 0 N–H and O–H groups in total. The number of hydrogen-bond donors (Lipinski definition) is 0. The Hall–Kier alpha value is -1.05. The summed E-state index contributed by atoms with van der Waals surface area (Å²) in [7, 11) is 3.46. The van der Waals surface area contributed by atoms with Gasteiger partial charge < -0.3 is 4.90 Å². The van der Waals surface area contributed by atoms with Gasteiger partial charge in [0.2, 0.25) is 5.91 Å². The van der Waals surface area contributed by atoms with E-state index in [1.807, 2.05) is 12.2 Å². The molecular formula is C9H15NO. The summed E-state index contributed by atoms with van der Waals surface area (Å²) in [6, 6.07) is 0. The molecule has 0 fully saturated rings. The molecule has 0 aliphatic carbocycles. The molecular weight excluding hydrogens is 138 g/mol. The van der Waals surface area contributed by atoms with E-state index >= 15 is 0 Å². The molecule has 0 aromatic heterocycles. The number of carbonyl (C=O) groups is 1. The molecule has 1 amide bonds. The molecule has 0 saturated carbocycles. The number of carbonyl (C=O) groups excluding carboxylic acids is 1. The number of rotatable bonds is 3. The topological polar surface area (TPSA) is 20.3 Å². The predicted molar refractivity (Wildman–Crippen MR) is 47.3 cm³/mol. The van der Waals surface area contributed by atoms with E-state index in [0.29, 0.717) is 0 Å². The molecule has 0 atom stereocenters. The Kier molecular flexibility index (Phi) is 5.17. The van der Waals surface area contributed by atoms with E-state index in [1.54, 1.807) is 26.2 Å². The number of hydrogen-bond acceptors (Lipinski definition) is 1. The van der Waals surface area contributed by atoms with E-state index < -0.39 is 0 Å². The Balaban J connectivity index is 3.74. The largest absolute Gasteiger partial charge is 0.345 e. The normalized spacial score (nSPS) is 11.2. The Bertz CT molecular complexity index is 168. The Morgan fingerprint density at radius 3 is 2.45 bits per heavy atom. The summed E-state index contributed by atoms with van der Waals surface area (Å²) < 4.78 is 0. The highest BCUT2D eigenvalue weighted by molar-refractivity contribution is 5.87. The lowest BCUT2D eigenvalue weighted by molar-refractivity contribution is -0.123. The highest BCUT2D eigenvalue weighted by Crippen LogP contribution is 1.84. The molecule has 0 spiro atoms. The van der Waals surface area contributed by atoms with Crippen molar-refractivity contribution in [1.29, 1.82) is 0 Å². The molecule has 0 rings (SSSR count). The third-order valence-corrected chi connectivity index (χ3v) is 1.16. The zero-order valence-electron chi connectivity index (χ0n) is 7.37. The lowest BCUT2D eigenvalue weighted by atomic mass is 10.4. The molecule has 0 aliphatic heterocycles. The fraction of sp³-hybridized carbons (Fsp3) is 0.444. The second-order valence-corrected chi connectivity index (χ2v) is 2.43. The molecule has 0 saturated heterocycles. The van der Waals surface area contributed by atoms with Crippen LogP contribution < -0.4 is 0 Å². The molecule has 62 valence electrons. The van der Waals surface area contributed by atoms with Crippen LogP contribution in [0.5, 0.6) is 0 Å². The maximum Gasteiger partial charge on any atom is 0.246 e. The summed E-state index contributed by atoms with van der Waals surface area (Å²) in [4.78, 5) is 12.4. The first-order valence-corrected chi connectivity index (χ1v) is 3.73. The summed E-state index contributed by atoms with van der Waals surface area (Å²) in [5.41, 5.74) is 0. The summed E-state index contributed by atoms with van der Waals surface area (Å²) in [6.07, 6.45) is 8.18. The van der Waals surface area contributed by atoms with Crippen LogP contribution >= 0.6 is 0 Å². The smallest absolute Gasteiger partial charge is 0.246 e. The Morgan fingerprint density at radius 2 is 2.00 bits per heavy atom. The second-order valence-electron chi connectivity index (χ2n) is 2.43. The summed E-state index contributed by atoms with van der Waals surface area (Å²) >= 11 is 0. The average Bonchev–Trinajstić information content (AvgIpc) is 1.97. The van der Waals surface area contributed by atoms with Crippen molar-refractivity contribution in [1.82, 2.24) is 4.90 Å². The SMILES string of the molecule is CC/C=C/C=C/C(=O)N(C)C. The van der Waals surface area contributed by atoms with Crippen LogP contribution in [-0.4, -0.2) is 24.9 Å². The van der Waals surface area contributed by atoms with E-state index in [-0.39, 0.29) is 5.91 Å². The molecule has 0 heterocycles. The fourth-order valence-corrected chi connectivity index (χ4v) is 0.502. The van der Waals surface area contributed by atoms with Crippen molar-refractivity contribution in [2.24, 2.45) is 0 Å². The molecule has 2 nitrogen and oxygen atoms in total. The van der Waals surface area contributed by atoms with Crippen molar-refractivity contribution < 1.29 is 4.79 Å². The quantitative estimate of drug-likeness (QED) is 0.445. The summed E-state index contributed by atoms with van der Waals surface area (Å²) in [5.74, 6) is 0.0192. The molecule has 0 aliphatic rings. The van der Waals surface area contributed by atoms with Gasteiger partial charge in [0.05, 0.1) is 0 Å². The van der Waals surface area contributed by atoms with Crippen molar-refractivity contribution in [2.45, 2.75) is 13.3 Å². The van der Waals surface area contributed by atoms with Gasteiger partial charge in [0.25, 0.3) is 0 Å². The minimum atomic E-state index is 0.0192. The van der Waals surface area contributed by atoms with Crippen molar-refractivity contribution in [3.8, 4) is 0 Å². The molecule has 2 heteroatoms. The zero-order chi connectivity index (χ0) is 8.69. The monoisotopic (exact) mass is 153 g/mol. The molecule has 0 unspecified atom stereocenters. The fourth-order valence-electron chi connectivity index (χ4n) is 0.502. The number of allylic oxidation sites excluding steroid dienone is 3. The maximum absolute atomic E-state index is 10.9. The van der Waals surface area contributed by atoms with Crippen LogP contribution in [0.4, 0.5) is 0 Å². The molecule has 0 aromatic rings. The lowest BCUT2D eigenvalue weighted by Gasteiger charge is -2.04. The van der Waals surface area contributed by atoms with Crippen LogP contribution in [0.3, 0.4) is 0 Å². The number of likely N-dealkylation sites (N-methyl/N-ethyl adjacent to an activating group) is 1. The highest BCUT2D eigenvalue weighted by atomic mass is 16.2. The lowest BCUT2D eigenvalue weighted by Crippen LogP contribution is -2.18. The third kappa shape index (κ3) is 5.40. The van der Waals surface area contributed by atoms with Crippen LogP contribution in [0.25, 0.3) is 0 Å². The van der Waals surface area contributed by atoms with E-state index in [4.69, 9.17) is 0 Å². The van der Waals surface area contributed by atoms with E-state index in [9.17, 15) is 4.79 Å². The van der Waals surface area contributed by atoms with Crippen LogP contribution in [0, 0.1) is 0 Å². The van der Waals surface area contributed by atoms with Crippen molar-refractivity contribution in [2.75, 3.05) is 14.1 Å². The third-order valence-electron chi connectivity index (χ3n) is 1.16. The van der Waals surface area contributed by atoms with Gasteiger partial charge >= 0.3 is 0 Å². The molecule has 0 radical (unpaired) electrons. The van der Waals surface area contributed by atoms with Crippen LogP contribution in [-0.2, 0) is 4.79 Å². The van der Waals surface area contributed by atoms with Crippen molar-refractivity contribution in [3.63, 3.8) is 0 Å². The Morgan fingerprint density at radius 1 is 1.36 bits per heavy atom. The zero-order valence-corrected chi connectivity index (χ0v) is 7.37. The van der Waals surface area contributed by atoms with Crippen LogP contribution in [0.1, 0.15) is 13.3 Å². The van der Waals surface area contributed by atoms with Gasteiger partial charge in [0.1, 0.15) is 0 Å². The van der Waals surface area contributed by atoms with E-state index in [1.165, 1.54) is 4.90 Å². The van der Waals surface area contributed by atoms with Crippen molar-refractivity contribution >= 4 is 5.91 Å². The molecule has 11 heavy (non-hydrogen) atoms. The average molecular weight is 153 g/mol. The van der Waals surface area contributed by atoms with Gasteiger partial charge in [0, 0.05) is 20.2 Å². The standard InChI is InChI=1S/C9H15NO/c1-4-5-6-7-8-9(11)10(2)3/h5-8H,4H2,1-3H3/b6-5+,8-7+. The van der Waals surface area contributed by atoms with Crippen LogP contribution in [0.15, 0.2) is 24.3 Å². The van der Waals surface area contributed by atoms with Crippen LogP contribution in [0.2, 0.25) is 0 Å². The van der Waals surface area contributed by atoms with Gasteiger partial charge in [-0.05, 0) is 6.42 Å². The van der Waals surface area contributed by atoms with Gasteiger partial charge in [-0.1, -0.05) is 25.2 Å². The minimum Gasteiger partial charge on any atom is -0.345 e. The first-order valence-electron chi connectivity index (χ1n) is 3.73. The van der Waals surface area contributed by atoms with E-state index in [2.05, 4.69) is 6.92 Å². The van der Waals surface area contributed by atoms with Gasteiger partial charge in [-0.2, -0.15) is 0 Å². The highest BCUT2D eigenvalue weighted by Gasteiger charge is 1.93. The van der Waals surface area contributed by atoms with Gasteiger partial charge in [-0.3, -0.25) is 4.79 Å². The molecule has 0 bridgehead atoms. The summed E-state index contributed by atoms with van der Waals surface area (Å²) in [5, 5.41) is 0. The van der Waals surface area contributed by atoms with Gasteiger partial charge in [-0.15, -0.1) is 0 Å². The number of amides is 1.